The van der Waals surface area contributed by atoms with Crippen LogP contribution in [-0.2, 0) is 4.74 Å². The summed E-state index contributed by atoms with van der Waals surface area (Å²) in [5.74, 6) is 2.27. The third-order valence-corrected chi connectivity index (χ3v) is 5.36. The van der Waals surface area contributed by atoms with E-state index < -0.39 is 0 Å². The van der Waals surface area contributed by atoms with Crippen molar-refractivity contribution in [3.05, 3.63) is 30.9 Å². The molecule has 5 rings (SSSR count). The maximum Gasteiger partial charge on any atom is 0.227 e. The first-order valence-electron chi connectivity index (χ1n) is 9.50. The molecule has 0 aromatic carbocycles. The molecule has 0 unspecified atom stereocenters. The Bertz CT molecular complexity index is 944. The van der Waals surface area contributed by atoms with E-state index in [0.29, 0.717) is 12.1 Å². The summed E-state index contributed by atoms with van der Waals surface area (Å²) in [6, 6.07) is 4.51. The van der Waals surface area contributed by atoms with E-state index in [2.05, 4.69) is 34.7 Å². The van der Waals surface area contributed by atoms with Gasteiger partial charge >= 0.3 is 0 Å². The van der Waals surface area contributed by atoms with Gasteiger partial charge in [-0.1, -0.05) is 0 Å². The third-order valence-electron chi connectivity index (χ3n) is 5.36. The lowest BCUT2D eigenvalue weighted by Crippen LogP contribution is -2.37. The van der Waals surface area contributed by atoms with Gasteiger partial charge in [-0.2, -0.15) is 4.98 Å². The molecule has 3 aromatic heterocycles. The Balaban J connectivity index is 1.35. The average Bonchev–Trinajstić information content (AvgIpc) is 3.48. The van der Waals surface area contributed by atoms with E-state index in [-0.39, 0.29) is 0 Å². The van der Waals surface area contributed by atoms with Gasteiger partial charge in [0.2, 0.25) is 5.95 Å². The van der Waals surface area contributed by atoms with Crippen LogP contribution >= 0.6 is 0 Å². The maximum absolute atomic E-state index is 5.44. The SMILES string of the molecule is COC1CCN(c2nccc(Nc3cc4c(cn3)ncn4C3CC3)n2)CC1. The Kier molecular flexibility index (Phi) is 4.12. The van der Waals surface area contributed by atoms with Gasteiger partial charge in [0.25, 0.3) is 0 Å². The molecular weight excluding hydrogens is 342 g/mol. The van der Waals surface area contributed by atoms with Gasteiger partial charge in [-0.15, -0.1) is 0 Å². The number of aromatic nitrogens is 5. The third kappa shape index (κ3) is 3.32. The molecule has 140 valence electrons. The summed E-state index contributed by atoms with van der Waals surface area (Å²) in [5.41, 5.74) is 2.04. The number of rotatable bonds is 5. The first-order valence-corrected chi connectivity index (χ1v) is 9.50. The van der Waals surface area contributed by atoms with E-state index in [4.69, 9.17) is 4.74 Å². The summed E-state index contributed by atoms with van der Waals surface area (Å²) in [4.78, 5) is 20.3. The number of methoxy groups -OCH3 is 1. The Labute approximate surface area is 157 Å². The van der Waals surface area contributed by atoms with Crippen molar-refractivity contribution in [1.82, 2.24) is 24.5 Å². The molecular formula is C19H23N7O. The summed E-state index contributed by atoms with van der Waals surface area (Å²) in [7, 11) is 1.78. The summed E-state index contributed by atoms with van der Waals surface area (Å²) < 4.78 is 7.69. The molecule has 1 N–H and O–H groups in total. The van der Waals surface area contributed by atoms with Gasteiger partial charge in [0.05, 0.1) is 24.1 Å². The predicted octanol–water partition coefficient (Wildman–Crippen LogP) is 2.92. The van der Waals surface area contributed by atoms with Crippen LogP contribution in [0.25, 0.3) is 11.0 Å². The first kappa shape index (κ1) is 16.4. The molecule has 0 amide bonds. The Hall–Kier alpha value is -2.74. The largest absolute Gasteiger partial charge is 0.381 e. The van der Waals surface area contributed by atoms with Crippen LogP contribution in [0.4, 0.5) is 17.6 Å². The zero-order valence-electron chi connectivity index (χ0n) is 15.4. The van der Waals surface area contributed by atoms with Crippen LogP contribution in [0.15, 0.2) is 30.9 Å². The summed E-state index contributed by atoms with van der Waals surface area (Å²) in [6.07, 6.45) is 10.3. The molecule has 3 aromatic rings. The average molecular weight is 365 g/mol. The van der Waals surface area contributed by atoms with Crippen LogP contribution in [0.1, 0.15) is 31.7 Å². The van der Waals surface area contributed by atoms with Crippen LogP contribution in [0.2, 0.25) is 0 Å². The molecule has 4 heterocycles. The normalized spacial score (nSPS) is 18.2. The number of imidazole rings is 1. The van der Waals surface area contributed by atoms with Gasteiger partial charge in [0.15, 0.2) is 0 Å². The molecule has 0 bridgehead atoms. The second-order valence-corrected chi connectivity index (χ2v) is 7.23. The Morgan fingerprint density at radius 2 is 1.93 bits per heavy atom. The highest BCUT2D eigenvalue weighted by Crippen LogP contribution is 2.37. The fourth-order valence-corrected chi connectivity index (χ4v) is 3.64. The van der Waals surface area contributed by atoms with Gasteiger partial charge in [0, 0.05) is 38.5 Å². The zero-order valence-corrected chi connectivity index (χ0v) is 15.4. The van der Waals surface area contributed by atoms with Crippen LogP contribution in [0.3, 0.4) is 0 Å². The van der Waals surface area contributed by atoms with Gasteiger partial charge in [0.1, 0.15) is 17.2 Å². The Morgan fingerprint density at radius 1 is 1.07 bits per heavy atom. The molecule has 2 aliphatic rings. The first-order chi connectivity index (χ1) is 13.3. The fourth-order valence-electron chi connectivity index (χ4n) is 3.64. The van der Waals surface area contributed by atoms with Crippen molar-refractivity contribution >= 4 is 28.6 Å². The van der Waals surface area contributed by atoms with Crippen molar-refractivity contribution in [2.75, 3.05) is 30.4 Å². The maximum atomic E-state index is 5.44. The second-order valence-electron chi connectivity index (χ2n) is 7.23. The number of piperidine rings is 1. The van der Waals surface area contributed by atoms with Crippen molar-refractivity contribution in [3.63, 3.8) is 0 Å². The molecule has 27 heavy (non-hydrogen) atoms. The number of anilines is 3. The molecule has 1 aliphatic heterocycles. The number of nitrogens with zero attached hydrogens (tertiary/aromatic N) is 6. The summed E-state index contributed by atoms with van der Waals surface area (Å²) in [5, 5.41) is 3.32. The van der Waals surface area contributed by atoms with Crippen LogP contribution in [-0.4, -0.2) is 50.8 Å². The number of hydrogen-bond donors (Lipinski definition) is 1. The van der Waals surface area contributed by atoms with Crippen LogP contribution in [0, 0.1) is 0 Å². The highest BCUT2D eigenvalue weighted by atomic mass is 16.5. The number of ether oxygens (including phenoxy) is 1. The van der Waals surface area contributed by atoms with Gasteiger partial charge in [-0.3, -0.25) is 0 Å². The molecule has 2 fully saturated rings. The Morgan fingerprint density at radius 3 is 2.70 bits per heavy atom. The van der Waals surface area contributed by atoms with Gasteiger partial charge < -0.3 is 19.5 Å². The smallest absolute Gasteiger partial charge is 0.227 e. The van der Waals surface area contributed by atoms with E-state index >= 15 is 0 Å². The standard InChI is InChI=1S/C19H23N7O/c1-27-14-5-8-25(9-6-14)19-20-7-4-17(24-19)23-18-10-16-15(11-21-18)22-12-26(16)13-2-3-13/h4,7,10-14H,2-3,5-6,8-9H2,1H3,(H,20,21,23,24). The predicted molar refractivity (Wildman–Crippen MR) is 103 cm³/mol. The van der Waals surface area contributed by atoms with E-state index in [0.717, 1.165) is 54.5 Å². The van der Waals surface area contributed by atoms with E-state index in [9.17, 15) is 0 Å². The highest BCUT2D eigenvalue weighted by molar-refractivity contribution is 5.78. The van der Waals surface area contributed by atoms with E-state index in [1.165, 1.54) is 12.8 Å². The van der Waals surface area contributed by atoms with Gasteiger partial charge in [-0.05, 0) is 31.7 Å². The molecule has 0 spiro atoms. The zero-order chi connectivity index (χ0) is 18.2. The monoisotopic (exact) mass is 365 g/mol. The fraction of sp³-hybridized carbons (Fsp3) is 0.474. The second kappa shape index (κ2) is 6.77. The molecule has 1 aliphatic carbocycles. The number of pyridine rings is 1. The van der Waals surface area contributed by atoms with Crippen LogP contribution < -0.4 is 10.2 Å². The highest BCUT2D eigenvalue weighted by Gasteiger charge is 2.25. The lowest BCUT2D eigenvalue weighted by Gasteiger charge is -2.31. The summed E-state index contributed by atoms with van der Waals surface area (Å²) in [6.45, 7) is 1.82. The van der Waals surface area contributed by atoms with Crippen molar-refractivity contribution in [2.24, 2.45) is 0 Å². The molecule has 8 heteroatoms. The summed E-state index contributed by atoms with van der Waals surface area (Å²) >= 11 is 0. The lowest BCUT2D eigenvalue weighted by molar-refractivity contribution is 0.0816. The van der Waals surface area contributed by atoms with Gasteiger partial charge in [-0.25, -0.2) is 15.0 Å². The quantitative estimate of drug-likeness (QED) is 0.744. The molecule has 0 atom stereocenters. The number of fused-ring (bicyclic) bond motifs is 1. The topological polar surface area (TPSA) is 81.0 Å². The van der Waals surface area contributed by atoms with Crippen molar-refractivity contribution in [3.8, 4) is 0 Å². The van der Waals surface area contributed by atoms with Crippen LogP contribution in [0.5, 0.6) is 0 Å². The number of hydrogen-bond acceptors (Lipinski definition) is 7. The van der Waals surface area contributed by atoms with Crippen molar-refractivity contribution in [1.29, 1.82) is 0 Å². The van der Waals surface area contributed by atoms with E-state index in [1.54, 1.807) is 13.3 Å². The van der Waals surface area contributed by atoms with E-state index in [1.807, 2.05) is 24.7 Å². The lowest BCUT2D eigenvalue weighted by atomic mass is 10.1. The molecule has 1 saturated carbocycles. The minimum atomic E-state index is 0.342. The minimum Gasteiger partial charge on any atom is -0.381 e. The molecule has 8 nitrogen and oxygen atoms in total. The number of nitrogens with one attached hydrogen (secondary N) is 1. The minimum absolute atomic E-state index is 0.342. The molecule has 0 radical (unpaired) electrons. The van der Waals surface area contributed by atoms with Crippen molar-refractivity contribution < 1.29 is 4.74 Å². The molecule has 1 saturated heterocycles. The van der Waals surface area contributed by atoms with Crippen molar-refractivity contribution in [2.45, 2.75) is 37.8 Å².